The second-order valence-corrected chi connectivity index (χ2v) is 2.77. The van der Waals surface area contributed by atoms with Crippen molar-refractivity contribution < 1.29 is 9.53 Å². The minimum Gasteiger partial charge on any atom is -0.465 e. The van der Waals surface area contributed by atoms with Crippen molar-refractivity contribution in [1.82, 2.24) is 0 Å². The van der Waals surface area contributed by atoms with Crippen molar-refractivity contribution >= 4 is 12.0 Å². The van der Waals surface area contributed by atoms with Crippen LogP contribution in [-0.2, 0) is 4.74 Å². The summed E-state index contributed by atoms with van der Waals surface area (Å²) in [7, 11) is 1.37. The summed E-state index contributed by atoms with van der Waals surface area (Å²) in [4.78, 5) is 11.1. The fourth-order valence-corrected chi connectivity index (χ4v) is 1.15. The number of benzene rings is 1. The average Bonchev–Trinajstić information content (AvgIpc) is 2.30. The van der Waals surface area contributed by atoms with Crippen LogP contribution in [-0.4, -0.2) is 13.1 Å². The van der Waals surface area contributed by atoms with Gasteiger partial charge in [-0.1, -0.05) is 32.6 Å². The number of rotatable bonds is 2. The molecular formula is C13H18O2. The largest absolute Gasteiger partial charge is 0.465 e. The summed E-state index contributed by atoms with van der Waals surface area (Å²) < 4.78 is 4.60. The van der Waals surface area contributed by atoms with Crippen LogP contribution in [0.1, 0.15) is 35.3 Å². The van der Waals surface area contributed by atoms with E-state index in [1.807, 2.05) is 26.8 Å². The fraction of sp³-hybridized carbons (Fsp3) is 0.308. The van der Waals surface area contributed by atoms with Gasteiger partial charge in [-0.3, -0.25) is 0 Å². The van der Waals surface area contributed by atoms with E-state index in [-0.39, 0.29) is 5.97 Å². The zero-order valence-corrected chi connectivity index (χ0v) is 9.83. The van der Waals surface area contributed by atoms with Gasteiger partial charge in [0.05, 0.1) is 12.7 Å². The number of hydrogen-bond acceptors (Lipinski definition) is 2. The lowest BCUT2D eigenvalue weighted by atomic mass is 10.1. The monoisotopic (exact) mass is 206 g/mol. The van der Waals surface area contributed by atoms with Crippen LogP contribution < -0.4 is 0 Å². The van der Waals surface area contributed by atoms with Gasteiger partial charge in [0.25, 0.3) is 0 Å². The van der Waals surface area contributed by atoms with Crippen LogP contribution in [0.3, 0.4) is 0 Å². The first-order valence-electron chi connectivity index (χ1n) is 5.00. The predicted molar refractivity (Wildman–Crippen MR) is 64.0 cm³/mol. The summed E-state index contributed by atoms with van der Waals surface area (Å²) in [6.45, 7) is 9.60. The maximum atomic E-state index is 11.1. The number of aryl methyl sites for hydroxylation is 1. The summed E-state index contributed by atoms with van der Waals surface area (Å²) in [5.41, 5.74) is 2.64. The molecule has 0 atom stereocenters. The van der Waals surface area contributed by atoms with E-state index in [1.54, 1.807) is 18.2 Å². The van der Waals surface area contributed by atoms with Crippen molar-refractivity contribution in [3.63, 3.8) is 0 Å². The lowest BCUT2D eigenvalue weighted by molar-refractivity contribution is 0.0600. The van der Waals surface area contributed by atoms with E-state index in [4.69, 9.17) is 0 Å². The molecule has 2 nitrogen and oxygen atoms in total. The number of carbonyl (C=O) groups is 1. The second-order valence-electron chi connectivity index (χ2n) is 2.77. The lowest BCUT2D eigenvalue weighted by Crippen LogP contribution is -2.01. The van der Waals surface area contributed by atoms with E-state index in [1.165, 1.54) is 7.11 Å². The van der Waals surface area contributed by atoms with Gasteiger partial charge in [-0.05, 0) is 30.2 Å². The SMILES string of the molecule is C=Cc1ccc(C(=O)OC)cc1C.CC. The van der Waals surface area contributed by atoms with Crippen molar-refractivity contribution in [2.45, 2.75) is 20.8 Å². The highest BCUT2D eigenvalue weighted by molar-refractivity contribution is 5.89. The topological polar surface area (TPSA) is 26.3 Å². The summed E-state index contributed by atoms with van der Waals surface area (Å²) >= 11 is 0. The zero-order chi connectivity index (χ0) is 11.8. The van der Waals surface area contributed by atoms with Gasteiger partial charge in [0, 0.05) is 0 Å². The molecule has 0 aliphatic carbocycles. The molecule has 0 bridgehead atoms. The van der Waals surface area contributed by atoms with Gasteiger partial charge in [-0.15, -0.1) is 0 Å². The van der Waals surface area contributed by atoms with Gasteiger partial charge in [0.15, 0.2) is 0 Å². The third-order valence-electron chi connectivity index (χ3n) is 1.91. The normalized spacial score (nSPS) is 8.53. The van der Waals surface area contributed by atoms with E-state index in [0.717, 1.165) is 11.1 Å². The van der Waals surface area contributed by atoms with Gasteiger partial charge >= 0.3 is 5.97 Å². The Bertz CT molecular complexity index is 340. The lowest BCUT2D eigenvalue weighted by Gasteiger charge is -2.03. The Hall–Kier alpha value is -1.57. The van der Waals surface area contributed by atoms with E-state index >= 15 is 0 Å². The van der Waals surface area contributed by atoms with E-state index in [2.05, 4.69) is 11.3 Å². The molecule has 1 aromatic rings. The molecule has 0 aliphatic rings. The molecule has 0 saturated carbocycles. The molecule has 0 spiro atoms. The number of ether oxygens (including phenoxy) is 1. The average molecular weight is 206 g/mol. The van der Waals surface area contributed by atoms with Gasteiger partial charge < -0.3 is 4.74 Å². The number of esters is 1. The third kappa shape index (κ3) is 3.58. The molecule has 0 heterocycles. The van der Waals surface area contributed by atoms with Crippen molar-refractivity contribution in [3.8, 4) is 0 Å². The smallest absolute Gasteiger partial charge is 0.337 e. The molecule has 2 heteroatoms. The molecule has 0 radical (unpaired) electrons. The zero-order valence-electron chi connectivity index (χ0n) is 9.83. The van der Waals surface area contributed by atoms with E-state index in [9.17, 15) is 4.79 Å². The van der Waals surface area contributed by atoms with Crippen molar-refractivity contribution in [1.29, 1.82) is 0 Å². The predicted octanol–water partition coefficient (Wildman–Crippen LogP) is 3.45. The standard InChI is InChI=1S/C11H12O2.C2H6/c1-4-9-5-6-10(7-8(9)2)11(12)13-3;1-2/h4-7H,1H2,2-3H3;1-2H3. The molecule has 0 fully saturated rings. The Morgan fingerprint density at radius 2 is 2.00 bits per heavy atom. The minimum absolute atomic E-state index is 0.307. The van der Waals surface area contributed by atoms with Crippen LogP contribution in [0.15, 0.2) is 24.8 Å². The first-order chi connectivity index (χ1) is 7.19. The van der Waals surface area contributed by atoms with Crippen LogP contribution in [0.5, 0.6) is 0 Å². The highest BCUT2D eigenvalue weighted by Crippen LogP contribution is 2.12. The van der Waals surface area contributed by atoms with Crippen molar-refractivity contribution in [3.05, 3.63) is 41.5 Å². The van der Waals surface area contributed by atoms with E-state index in [0.29, 0.717) is 5.56 Å². The summed E-state index contributed by atoms with van der Waals surface area (Å²) in [6.07, 6.45) is 1.76. The molecule has 1 rings (SSSR count). The van der Waals surface area contributed by atoms with Gasteiger partial charge in [0.2, 0.25) is 0 Å². The van der Waals surface area contributed by atoms with Crippen LogP contribution >= 0.6 is 0 Å². The van der Waals surface area contributed by atoms with Gasteiger partial charge in [-0.25, -0.2) is 4.79 Å². The number of hydrogen-bond donors (Lipinski definition) is 0. The van der Waals surface area contributed by atoms with Crippen molar-refractivity contribution in [2.24, 2.45) is 0 Å². The molecule has 0 amide bonds. The Kier molecular flexibility index (Phi) is 6.11. The molecule has 0 aromatic heterocycles. The van der Waals surface area contributed by atoms with Crippen LogP contribution in [0, 0.1) is 6.92 Å². The van der Waals surface area contributed by atoms with E-state index < -0.39 is 0 Å². The fourth-order valence-electron chi connectivity index (χ4n) is 1.15. The number of carbonyl (C=O) groups excluding carboxylic acids is 1. The molecule has 0 unspecified atom stereocenters. The molecular weight excluding hydrogens is 188 g/mol. The Morgan fingerprint density at radius 1 is 1.40 bits per heavy atom. The molecule has 1 aromatic carbocycles. The van der Waals surface area contributed by atoms with Crippen LogP contribution in [0.2, 0.25) is 0 Å². The molecule has 0 aliphatic heterocycles. The van der Waals surface area contributed by atoms with Gasteiger partial charge in [-0.2, -0.15) is 0 Å². The summed E-state index contributed by atoms with van der Waals surface area (Å²) in [6, 6.07) is 5.38. The number of methoxy groups -OCH3 is 1. The second kappa shape index (κ2) is 6.82. The van der Waals surface area contributed by atoms with Gasteiger partial charge in [0.1, 0.15) is 0 Å². The van der Waals surface area contributed by atoms with Crippen LogP contribution in [0.25, 0.3) is 6.08 Å². The third-order valence-corrected chi connectivity index (χ3v) is 1.91. The molecule has 0 saturated heterocycles. The first-order valence-corrected chi connectivity index (χ1v) is 5.00. The highest BCUT2D eigenvalue weighted by atomic mass is 16.5. The summed E-state index contributed by atoms with van der Waals surface area (Å²) in [5, 5.41) is 0. The Balaban J connectivity index is 0.000000921. The van der Waals surface area contributed by atoms with Crippen LogP contribution in [0.4, 0.5) is 0 Å². The molecule has 82 valence electrons. The Labute approximate surface area is 91.6 Å². The maximum absolute atomic E-state index is 11.1. The quantitative estimate of drug-likeness (QED) is 0.693. The molecule has 0 N–H and O–H groups in total. The first kappa shape index (κ1) is 13.4. The highest BCUT2D eigenvalue weighted by Gasteiger charge is 2.05. The summed E-state index contributed by atoms with van der Waals surface area (Å²) in [5.74, 6) is -0.307. The maximum Gasteiger partial charge on any atom is 0.337 e. The minimum atomic E-state index is -0.307. The Morgan fingerprint density at radius 3 is 2.40 bits per heavy atom. The molecule has 15 heavy (non-hydrogen) atoms. The van der Waals surface area contributed by atoms with Crippen molar-refractivity contribution in [2.75, 3.05) is 7.11 Å².